The van der Waals surface area contributed by atoms with Gasteiger partial charge in [0.25, 0.3) is 0 Å². The van der Waals surface area contributed by atoms with Gasteiger partial charge in [0, 0.05) is 20.0 Å². The van der Waals surface area contributed by atoms with Gasteiger partial charge in [-0.15, -0.1) is 11.8 Å². The number of hydrogen-bond acceptors (Lipinski definition) is 6. The minimum atomic E-state index is -0.628. The average Bonchev–Trinajstić information content (AvgIpc) is 2.33. The molecular formula is C10H19N3O3S2. The Kier molecular flexibility index (Phi) is 7.85. The molecule has 0 N–H and O–H groups in total. The first-order chi connectivity index (χ1) is 8.29. The smallest absolute Gasteiger partial charge is 0.296 e. The molecule has 0 aliphatic heterocycles. The number of oxime groups is 1. The molecule has 0 bridgehead atoms. The number of hydrogen-bond donors (Lipinski definition) is 0. The van der Waals surface area contributed by atoms with Gasteiger partial charge in [-0.2, -0.15) is 0 Å². The summed E-state index contributed by atoms with van der Waals surface area (Å²) >= 11 is 2.35. The molecular weight excluding hydrogens is 274 g/mol. The van der Waals surface area contributed by atoms with Crippen LogP contribution in [0.25, 0.3) is 0 Å². The molecule has 0 spiro atoms. The first kappa shape index (κ1) is 17.1. The minimum Gasteiger partial charge on any atom is -0.296 e. The van der Waals surface area contributed by atoms with Crippen LogP contribution >= 0.6 is 23.9 Å². The van der Waals surface area contributed by atoms with Crippen LogP contribution in [0.4, 0.5) is 4.79 Å². The third kappa shape index (κ3) is 6.15. The molecule has 0 aromatic rings. The molecule has 0 aliphatic carbocycles. The zero-order chi connectivity index (χ0) is 14.3. The third-order valence-corrected chi connectivity index (χ3v) is 3.34. The zero-order valence-electron chi connectivity index (χ0n) is 11.5. The minimum absolute atomic E-state index is 0.0663. The van der Waals surface area contributed by atoms with Crippen molar-refractivity contribution in [3.63, 3.8) is 0 Å². The van der Waals surface area contributed by atoms with Crippen molar-refractivity contribution < 1.29 is 14.4 Å². The Balaban J connectivity index is 4.28. The van der Waals surface area contributed by atoms with Gasteiger partial charge in [-0.3, -0.25) is 13.9 Å². The van der Waals surface area contributed by atoms with E-state index < -0.39 is 6.09 Å². The lowest BCUT2D eigenvalue weighted by atomic mass is 10.2. The number of nitrogens with zero attached hydrogens (tertiary/aromatic N) is 3. The molecule has 0 unspecified atom stereocenters. The third-order valence-electron chi connectivity index (χ3n) is 1.85. The van der Waals surface area contributed by atoms with E-state index in [4.69, 9.17) is 4.84 Å². The highest BCUT2D eigenvalue weighted by molar-refractivity contribution is 8.13. The summed E-state index contributed by atoms with van der Waals surface area (Å²) in [6.45, 7) is 5.33. The van der Waals surface area contributed by atoms with Gasteiger partial charge in [-0.25, -0.2) is 9.10 Å². The summed E-state index contributed by atoms with van der Waals surface area (Å²) < 4.78 is 2.59. The number of amides is 2. The van der Waals surface area contributed by atoms with Crippen molar-refractivity contribution in [2.45, 2.75) is 20.8 Å². The largest absolute Gasteiger partial charge is 0.447 e. The summed E-state index contributed by atoms with van der Waals surface area (Å²) in [6.07, 6.45) is 1.21. The van der Waals surface area contributed by atoms with E-state index in [0.29, 0.717) is 5.04 Å². The number of thioether (sulfide) groups is 1. The predicted molar refractivity (Wildman–Crippen MR) is 76.1 cm³/mol. The van der Waals surface area contributed by atoms with E-state index in [9.17, 15) is 9.59 Å². The molecule has 0 aromatic carbocycles. The van der Waals surface area contributed by atoms with Crippen LogP contribution in [-0.4, -0.2) is 46.0 Å². The topological polar surface area (TPSA) is 62.2 Å². The summed E-state index contributed by atoms with van der Waals surface area (Å²) in [5, 5.41) is 4.27. The van der Waals surface area contributed by atoms with E-state index in [-0.39, 0.29) is 11.8 Å². The fourth-order valence-electron chi connectivity index (χ4n) is 0.819. The van der Waals surface area contributed by atoms with Crippen LogP contribution in [0.3, 0.4) is 0 Å². The standard InChI is InChI=1S/C10H19N3O3S2/c1-7(2)9(14)12(4)18-13(5)10(15)16-11-8(3)17-6/h7H,1-6H3. The maximum atomic E-state index is 11.6. The van der Waals surface area contributed by atoms with Crippen molar-refractivity contribution in [2.24, 2.45) is 11.1 Å². The second-order valence-electron chi connectivity index (χ2n) is 3.74. The van der Waals surface area contributed by atoms with Crippen LogP contribution < -0.4 is 0 Å². The van der Waals surface area contributed by atoms with Crippen molar-refractivity contribution in [2.75, 3.05) is 20.4 Å². The molecule has 0 radical (unpaired) electrons. The molecule has 104 valence electrons. The monoisotopic (exact) mass is 293 g/mol. The highest BCUT2D eigenvalue weighted by atomic mass is 32.2. The molecule has 0 rings (SSSR count). The predicted octanol–water partition coefficient (Wildman–Crippen LogP) is 2.43. The van der Waals surface area contributed by atoms with E-state index in [1.165, 1.54) is 27.4 Å². The first-order valence-electron chi connectivity index (χ1n) is 5.28. The Morgan fingerprint density at radius 1 is 1.22 bits per heavy atom. The van der Waals surface area contributed by atoms with Crippen LogP contribution in [0.2, 0.25) is 0 Å². The zero-order valence-corrected chi connectivity index (χ0v) is 13.1. The first-order valence-corrected chi connectivity index (χ1v) is 7.24. The lowest BCUT2D eigenvalue weighted by Crippen LogP contribution is -2.31. The Morgan fingerprint density at radius 3 is 2.22 bits per heavy atom. The second-order valence-corrected chi connectivity index (χ2v) is 6.00. The molecule has 0 aromatic heterocycles. The van der Waals surface area contributed by atoms with Gasteiger partial charge in [0.1, 0.15) is 5.04 Å². The highest BCUT2D eigenvalue weighted by Gasteiger charge is 2.19. The quantitative estimate of drug-likeness (QED) is 0.262. The lowest BCUT2D eigenvalue weighted by Gasteiger charge is -2.22. The Morgan fingerprint density at radius 2 is 1.78 bits per heavy atom. The van der Waals surface area contributed by atoms with Gasteiger partial charge >= 0.3 is 6.09 Å². The molecule has 18 heavy (non-hydrogen) atoms. The van der Waals surface area contributed by atoms with Gasteiger partial charge in [0.2, 0.25) is 5.91 Å². The number of rotatable bonds is 4. The lowest BCUT2D eigenvalue weighted by molar-refractivity contribution is -0.128. The maximum Gasteiger partial charge on any atom is 0.447 e. The van der Waals surface area contributed by atoms with Crippen LogP contribution in [0, 0.1) is 5.92 Å². The summed E-state index contributed by atoms with van der Waals surface area (Å²) in [4.78, 5) is 27.8. The van der Waals surface area contributed by atoms with Gasteiger partial charge in [0.15, 0.2) is 0 Å². The van der Waals surface area contributed by atoms with Gasteiger partial charge in [-0.1, -0.05) is 19.0 Å². The van der Waals surface area contributed by atoms with Crippen molar-refractivity contribution >= 4 is 40.9 Å². The summed E-state index contributed by atoms with van der Waals surface area (Å²) in [5.41, 5.74) is 0. The van der Waals surface area contributed by atoms with Crippen molar-refractivity contribution in [1.82, 2.24) is 8.61 Å². The van der Waals surface area contributed by atoms with E-state index in [1.54, 1.807) is 27.8 Å². The Labute approximate surface area is 116 Å². The van der Waals surface area contributed by atoms with Crippen molar-refractivity contribution in [1.29, 1.82) is 0 Å². The molecule has 2 amide bonds. The average molecular weight is 293 g/mol. The number of carbonyl (C=O) groups is 2. The molecule has 8 heteroatoms. The molecule has 0 saturated carbocycles. The fourth-order valence-corrected chi connectivity index (χ4v) is 1.69. The molecule has 6 nitrogen and oxygen atoms in total. The van der Waals surface area contributed by atoms with Gasteiger partial charge in [-0.05, 0) is 13.2 Å². The van der Waals surface area contributed by atoms with E-state index in [1.807, 2.05) is 6.26 Å². The van der Waals surface area contributed by atoms with E-state index >= 15 is 0 Å². The molecule has 0 saturated heterocycles. The molecule has 0 atom stereocenters. The summed E-state index contributed by atoms with van der Waals surface area (Å²) in [7, 11) is 3.12. The van der Waals surface area contributed by atoms with Crippen molar-refractivity contribution in [3.8, 4) is 0 Å². The van der Waals surface area contributed by atoms with Gasteiger partial charge in [0.05, 0.1) is 12.1 Å². The molecule has 0 aliphatic rings. The Hall–Kier alpha value is -0.890. The fraction of sp³-hybridized carbons (Fsp3) is 0.700. The molecule has 0 heterocycles. The number of carbonyl (C=O) groups excluding carboxylic acids is 2. The van der Waals surface area contributed by atoms with Crippen LogP contribution in [0.15, 0.2) is 5.16 Å². The molecule has 0 fully saturated rings. The summed E-state index contributed by atoms with van der Waals surface area (Å²) in [6, 6.07) is 0. The van der Waals surface area contributed by atoms with Crippen LogP contribution in [0.1, 0.15) is 20.8 Å². The second kappa shape index (κ2) is 8.25. The SMILES string of the molecule is CSC(C)=NOC(=O)N(C)SN(C)C(=O)C(C)C. The van der Waals surface area contributed by atoms with E-state index in [2.05, 4.69) is 5.16 Å². The van der Waals surface area contributed by atoms with E-state index in [0.717, 1.165) is 12.1 Å². The Bertz CT molecular complexity index is 334. The normalized spacial score (nSPS) is 11.4. The summed E-state index contributed by atoms with van der Waals surface area (Å²) in [5.74, 6) is -0.188. The van der Waals surface area contributed by atoms with Gasteiger partial charge < -0.3 is 0 Å². The maximum absolute atomic E-state index is 11.6. The van der Waals surface area contributed by atoms with Crippen LogP contribution in [-0.2, 0) is 9.63 Å². The van der Waals surface area contributed by atoms with Crippen molar-refractivity contribution in [3.05, 3.63) is 0 Å². The highest BCUT2D eigenvalue weighted by Crippen LogP contribution is 2.16. The van der Waals surface area contributed by atoms with Crippen LogP contribution in [0.5, 0.6) is 0 Å².